The van der Waals surface area contributed by atoms with E-state index < -0.39 is 35.5 Å². The van der Waals surface area contributed by atoms with E-state index in [-0.39, 0.29) is 36.8 Å². The van der Waals surface area contributed by atoms with Crippen LogP contribution in [-0.2, 0) is 28.7 Å². The standard InChI is InChI=1S/C28H25F4N5O4/c29-22-13-18(12-21(14-22)28(30,31)32)16-34-26(39)27(15-20-4-1-2-5-24(20)36-37-33)17-41-25(35-27)19-6-8-23(9-7-19)40-11-3-10-38/h1-2,4-9,12-14,38H,3,10-11,15-17H2,(H,34,39)/t27-/m1/s1. The first-order chi connectivity index (χ1) is 19.6. The number of aliphatic hydroxyl groups is 1. The number of rotatable bonds is 11. The fourth-order valence-corrected chi connectivity index (χ4v) is 4.21. The number of azide groups is 1. The molecule has 1 heterocycles. The topological polar surface area (TPSA) is 129 Å². The van der Waals surface area contributed by atoms with Crippen LogP contribution >= 0.6 is 0 Å². The number of hydrogen-bond donors (Lipinski definition) is 2. The molecule has 214 valence electrons. The fraction of sp³-hybridized carbons (Fsp3) is 0.286. The molecule has 0 bridgehead atoms. The van der Waals surface area contributed by atoms with E-state index in [0.717, 1.165) is 12.1 Å². The van der Waals surface area contributed by atoms with Gasteiger partial charge in [0.15, 0.2) is 5.54 Å². The minimum Gasteiger partial charge on any atom is -0.494 e. The van der Waals surface area contributed by atoms with Gasteiger partial charge in [-0.2, -0.15) is 13.2 Å². The normalized spacial score (nSPS) is 16.4. The molecule has 9 nitrogen and oxygen atoms in total. The summed E-state index contributed by atoms with van der Waals surface area (Å²) in [6, 6.07) is 15.3. The molecule has 1 atom stereocenters. The van der Waals surface area contributed by atoms with Gasteiger partial charge in [-0.15, -0.1) is 0 Å². The third kappa shape index (κ3) is 7.33. The van der Waals surface area contributed by atoms with Crippen LogP contribution in [0.25, 0.3) is 10.4 Å². The highest BCUT2D eigenvalue weighted by molar-refractivity contribution is 6.00. The van der Waals surface area contributed by atoms with Gasteiger partial charge < -0.3 is 19.9 Å². The average molecular weight is 572 g/mol. The molecule has 1 amide bonds. The second-order valence-electron chi connectivity index (χ2n) is 9.21. The lowest BCUT2D eigenvalue weighted by molar-refractivity contribution is -0.137. The van der Waals surface area contributed by atoms with Gasteiger partial charge in [-0.05, 0) is 59.1 Å². The van der Waals surface area contributed by atoms with Gasteiger partial charge >= 0.3 is 6.18 Å². The van der Waals surface area contributed by atoms with Crippen molar-refractivity contribution in [1.82, 2.24) is 5.32 Å². The van der Waals surface area contributed by atoms with E-state index in [4.69, 9.17) is 20.1 Å². The van der Waals surface area contributed by atoms with Crippen molar-refractivity contribution in [2.24, 2.45) is 10.1 Å². The van der Waals surface area contributed by atoms with Crippen LogP contribution in [0.5, 0.6) is 5.75 Å². The Morgan fingerprint density at radius 3 is 2.63 bits per heavy atom. The Kier molecular flexibility index (Phi) is 9.10. The highest BCUT2D eigenvalue weighted by atomic mass is 19.4. The number of hydrogen-bond acceptors (Lipinski definition) is 6. The largest absolute Gasteiger partial charge is 0.494 e. The molecule has 0 unspecified atom stereocenters. The van der Waals surface area contributed by atoms with Crippen LogP contribution in [0.1, 0.15) is 28.7 Å². The molecule has 0 radical (unpaired) electrons. The summed E-state index contributed by atoms with van der Waals surface area (Å²) in [5.74, 6) is -1.06. The van der Waals surface area contributed by atoms with Crippen molar-refractivity contribution in [3.63, 3.8) is 0 Å². The highest BCUT2D eigenvalue weighted by Crippen LogP contribution is 2.32. The molecule has 0 aromatic heterocycles. The van der Waals surface area contributed by atoms with E-state index in [0.29, 0.717) is 36.0 Å². The minimum atomic E-state index is -4.76. The van der Waals surface area contributed by atoms with Gasteiger partial charge in [0, 0.05) is 42.2 Å². The summed E-state index contributed by atoms with van der Waals surface area (Å²) < 4.78 is 64.7. The van der Waals surface area contributed by atoms with Crippen molar-refractivity contribution in [2.75, 3.05) is 19.8 Å². The number of alkyl halides is 3. The molecule has 0 fully saturated rings. The molecule has 0 saturated heterocycles. The number of aliphatic hydroxyl groups excluding tert-OH is 1. The molecule has 0 aliphatic carbocycles. The lowest BCUT2D eigenvalue weighted by Gasteiger charge is -2.24. The number of ether oxygens (including phenoxy) is 2. The predicted molar refractivity (Wildman–Crippen MR) is 141 cm³/mol. The number of benzene rings is 3. The van der Waals surface area contributed by atoms with Gasteiger partial charge in [0.05, 0.1) is 12.2 Å². The molecule has 13 heteroatoms. The van der Waals surface area contributed by atoms with Crippen LogP contribution in [0.15, 0.2) is 76.8 Å². The minimum absolute atomic E-state index is 0.00160. The molecule has 0 spiro atoms. The first-order valence-corrected chi connectivity index (χ1v) is 12.5. The maximum atomic E-state index is 13.9. The average Bonchev–Trinajstić information content (AvgIpc) is 3.38. The lowest BCUT2D eigenvalue weighted by Crippen LogP contribution is -2.48. The Labute approximate surface area is 232 Å². The van der Waals surface area contributed by atoms with E-state index in [9.17, 15) is 22.4 Å². The molecule has 1 aliphatic heterocycles. The Morgan fingerprint density at radius 2 is 1.93 bits per heavy atom. The Hall–Kier alpha value is -4.61. The summed E-state index contributed by atoms with van der Waals surface area (Å²) in [6.45, 7) is -0.288. The fourth-order valence-electron chi connectivity index (χ4n) is 4.21. The van der Waals surface area contributed by atoms with E-state index in [1.54, 1.807) is 48.5 Å². The first kappa shape index (κ1) is 29.4. The number of nitrogens with one attached hydrogen (secondary N) is 1. The second kappa shape index (κ2) is 12.7. The molecule has 4 rings (SSSR count). The van der Waals surface area contributed by atoms with Crippen LogP contribution in [0.4, 0.5) is 23.2 Å². The van der Waals surface area contributed by atoms with Crippen LogP contribution in [0.2, 0.25) is 0 Å². The molecule has 41 heavy (non-hydrogen) atoms. The third-order valence-corrected chi connectivity index (χ3v) is 6.22. The van der Waals surface area contributed by atoms with Crippen molar-refractivity contribution in [1.29, 1.82) is 0 Å². The highest BCUT2D eigenvalue weighted by Gasteiger charge is 2.45. The van der Waals surface area contributed by atoms with Crippen LogP contribution in [0.3, 0.4) is 0 Å². The maximum absolute atomic E-state index is 13.9. The Balaban J connectivity index is 1.63. The quantitative estimate of drug-likeness (QED) is 0.102. The van der Waals surface area contributed by atoms with Gasteiger partial charge in [-0.1, -0.05) is 29.4 Å². The monoisotopic (exact) mass is 571 g/mol. The Morgan fingerprint density at radius 1 is 1.17 bits per heavy atom. The van der Waals surface area contributed by atoms with Gasteiger partial charge in [-0.25, -0.2) is 9.38 Å². The third-order valence-electron chi connectivity index (χ3n) is 6.22. The number of carbonyl (C=O) groups is 1. The van der Waals surface area contributed by atoms with E-state index in [2.05, 4.69) is 20.3 Å². The molecule has 3 aromatic rings. The van der Waals surface area contributed by atoms with Crippen LogP contribution in [0, 0.1) is 5.82 Å². The summed E-state index contributed by atoms with van der Waals surface area (Å²) in [7, 11) is 0. The summed E-state index contributed by atoms with van der Waals surface area (Å²) in [5.41, 5.74) is 7.43. The zero-order valence-corrected chi connectivity index (χ0v) is 21.6. The van der Waals surface area contributed by atoms with E-state index in [1.807, 2.05) is 0 Å². The van der Waals surface area contributed by atoms with Crippen molar-refractivity contribution in [3.8, 4) is 5.75 Å². The number of halogens is 4. The number of nitrogens with zero attached hydrogens (tertiary/aromatic N) is 4. The van der Waals surface area contributed by atoms with Gasteiger partial charge in [0.1, 0.15) is 18.2 Å². The molecule has 0 saturated carbocycles. The summed E-state index contributed by atoms with van der Waals surface area (Å²) in [5, 5.41) is 15.1. The second-order valence-corrected chi connectivity index (χ2v) is 9.21. The SMILES string of the molecule is [N-]=[N+]=Nc1ccccc1C[C@]1(C(=O)NCc2cc(F)cc(C(F)(F)F)c2)COC(c2ccc(OCCCO)cc2)=N1. The number of carbonyl (C=O) groups excluding carboxylic acids is 1. The van der Waals surface area contributed by atoms with Crippen molar-refractivity contribution >= 4 is 17.5 Å². The number of aliphatic imine (C=N–C) groups is 1. The smallest absolute Gasteiger partial charge is 0.416 e. The number of amides is 1. The van der Waals surface area contributed by atoms with Gasteiger partial charge in [-0.3, -0.25) is 4.79 Å². The molecular weight excluding hydrogens is 546 g/mol. The van der Waals surface area contributed by atoms with Gasteiger partial charge in [0.25, 0.3) is 5.91 Å². The Bertz CT molecular complexity index is 1470. The van der Waals surface area contributed by atoms with E-state index in [1.165, 1.54) is 0 Å². The van der Waals surface area contributed by atoms with Crippen molar-refractivity contribution in [3.05, 3.63) is 105 Å². The molecule has 3 aromatic carbocycles. The van der Waals surface area contributed by atoms with Gasteiger partial charge in [0.2, 0.25) is 5.90 Å². The summed E-state index contributed by atoms with van der Waals surface area (Å²) >= 11 is 0. The predicted octanol–water partition coefficient (Wildman–Crippen LogP) is 5.62. The van der Waals surface area contributed by atoms with Crippen molar-refractivity contribution in [2.45, 2.75) is 31.1 Å². The zero-order valence-electron chi connectivity index (χ0n) is 21.6. The summed E-state index contributed by atoms with van der Waals surface area (Å²) in [6.07, 6.45) is -4.35. The van der Waals surface area contributed by atoms with Crippen LogP contribution < -0.4 is 10.1 Å². The zero-order chi connectivity index (χ0) is 29.5. The van der Waals surface area contributed by atoms with Crippen LogP contribution in [-0.4, -0.2) is 42.3 Å². The summed E-state index contributed by atoms with van der Waals surface area (Å²) in [4.78, 5) is 21.0. The first-order valence-electron chi connectivity index (χ1n) is 12.5. The van der Waals surface area contributed by atoms with Crippen molar-refractivity contribution < 1.29 is 36.9 Å². The lowest BCUT2D eigenvalue weighted by atomic mass is 9.90. The molecular formula is C28H25F4N5O4. The maximum Gasteiger partial charge on any atom is 0.416 e. The molecule has 2 N–H and O–H groups in total. The molecule has 1 aliphatic rings. The van der Waals surface area contributed by atoms with E-state index >= 15 is 0 Å².